The maximum absolute atomic E-state index is 11.6. The van der Waals surface area contributed by atoms with E-state index >= 15 is 0 Å². The minimum atomic E-state index is -0.224. The molecule has 4 nitrogen and oxygen atoms in total. The average Bonchev–Trinajstić information content (AvgIpc) is 2.93. The van der Waals surface area contributed by atoms with Gasteiger partial charge >= 0.3 is 5.97 Å². The minimum absolute atomic E-state index is 0.170. The maximum Gasteiger partial charge on any atom is 0.303 e. The van der Waals surface area contributed by atoms with Crippen molar-refractivity contribution in [3.05, 3.63) is 48.5 Å². The Bertz CT molecular complexity index is 811. The summed E-state index contributed by atoms with van der Waals surface area (Å²) in [5, 5.41) is 2.48. The Morgan fingerprint density at radius 1 is 1.00 bits per heavy atom. The molecule has 0 spiro atoms. The smallest absolute Gasteiger partial charge is 0.303 e. The predicted octanol–water partition coefficient (Wildman–Crippen LogP) is 4.07. The molecule has 0 saturated heterocycles. The molecule has 0 amide bonds. The summed E-state index contributed by atoms with van der Waals surface area (Å²) in [7, 11) is 0. The predicted molar refractivity (Wildman–Crippen MR) is 103 cm³/mol. The second-order valence-electron chi connectivity index (χ2n) is 6.36. The normalized spacial score (nSPS) is 12.8. The molecule has 3 aromatic rings. The van der Waals surface area contributed by atoms with Crippen molar-refractivity contribution < 1.29 is 9.53 Å². The zero-order valence-electron chi connectivity index (χ0n) is 15.2. The summed E-state index contributed by atoms with van der Waals surface area (Å²) < 4.78 is 7.93. The van der Waals surface area contributed by atoms with Crippen molar-refractivity contribution in [1.29, 1.82) is 0 Å². The first-order chi connectivity index (χ1) is 12.1. The van der Waals surface area contributed by atoms with Gasteiger partial charge < -0.3 is 14.2 Å². The molecule has 0 bridgehead atoms. The monoisotopic (exact) mass is 338 g/mol. The molecule has 0 radical (unpaired) electrons. The molecule has 2 aromatic carbocycles. The highest BCUT2D eigenvalue weighted by atomic mass is 16.5. The van der Waals surface area contributed by atoms with Gasteiger partial charge in [0, 0.05) is 35.3 Å². The van der Waals surface area contributed by atoms with E-state index in [4.69, 9.17) is 4.74 Å². The summed E-state index contributed by atoms with van der Waals surface area (Å²) in [6.45, 7) is 9.05. The van der Waals surface area contributed by atoms with Gasteiger partial charge in [0.1, 0.15) is 6.10 Å². The van der Waals surface area contributed by atoms with Crippen LogP contribution in [0.2, 0.25) is 0 Å². The summed E-state index contributed by atoms with van der Waals surface area (Å²) in [5.74, 6) is -0.224. The van der Waals surface area contributed by atoms with Crippen molar-refractivity contribution in [2.24, 2.45) is 0 Å². The minimum Gasteiger partial charge on any atom is -0.459 e. The topological polar surface area (TPSA) is 34.5 Å². The van der Waals surface area contributed by atoms with E-state index in [-0.39, 0.29) is 12.1 Å². The number of hydrogen-bond acceptors (Lipinski definition) is 3. The molecule has 1 atom stereocenters. The lowest BCUT2D eigenvalue weighted by molar-refractivity contribution is -0.147. The molecular formula is C21H26N2O2. The lowest BCUT2D eigenvalue weighted by atomic mass is 10.2. The van der Waals surface area contributed by atoms with E-state index < -0.39 is 0 Å². The molecule has 0 saturated carbocycles. The molecule has 0 aliphatic carbocycles. The van der Waals surface area contributed by atoms with E-state index in [9.17, 15) is 4.79 Å². The maximum atomic E-state index is 11.6. The molecule has 0 aliphatic heterocycles. The van der Waals surface area contributed by atoms with Gasteiger partial charge in [0.2, 0.25) is 0 Å². The van der Waals surface area contributed by atoms with Crippen molar-refractivity contribution in [3.63, 3.8) is 0 Å². The van der Waals surface area contributed by atoms with Crippen molar-refractivity contribution >= 4 is 27.8 Å². The van der Waals surface area contributed by atoms with Gasteiger partial charge in [-0.3, -0.25) is 4.79 Å². The first-order valence-electron chi connectivity index (χ1n) is 8.99. The number of nitrogens with zero attached hydrogens (tertiary/aromatic N) is 2. The quantitative estimate of drug-likeness (QED) is 0.609. The highest BCUT2D eigenvalue weighted by molar-refractivity contribution is 6.07. The molecular weight excluding hydrogens is 312 g/mol. The Morgan fingerprint density at radius 2 is 1.52 bits per heavy atom. The van der Waals surface area contributed by atoms with Crippen molar-refractivity contribution in [1.82, 2.24) is 9.47 Å². The largest absolute Gasteiger partial charge is 0.459 e. The van der Waals surface area contributed by atoms with Gasteiger partial charge in [-0.2, -0.15) is 0 Å². The lowest BCUT2D eigenvalue weighted by Crippen LogP contribution is -2.37. The molecule has 0 fully saturated rings. The first kappa shape index (κ1) is 17.5. The second-order valence-corrected chi connectivity index (χ2v) is 6.36. The number of fused-ring (bicyclic) bond motifs is 3. The molecule has 4 heteroatoms. The molecule has 1 heterocycles. The zero-order valence-corrected chi connectivity index (χ0v) is 15.2. The fourth-order valence-corrected chi connectivity index (χ4v) is 3.54. The Balaban J connectivity index is 2.01. The first-order valence-corrected chi connectivity index (χ1v) is 8.99. The van der Waals surface area contributed by atoms with Crippen molar-refractivity contribution in [2.75, 3.05) is 19.6 Å². The molecule has 3 rings (SSSR count). The number of benzene rings is 2. The van der Waals surface area contributed by atoms with Crippen LogP contribution in [0.3, 0.4) is 0 Å². The summed E-state index contributed by atoms with van der Waals surface area (Å²) in [6.07, 6.45) is -0.170. The van der Waals surface area contributed by atoms with Crippen LogP contribution >= 0.6 is 0 Å². The highest BCUT2D eigenvalue weighted by Crippen LogP contribution is 2.29. The number of esters is 1. The number of hydrogen-bond donors (Lipinski definition) is 0. The molecule has 0 aliphatic rings. The number of carbonyl (C=O) groups is 1. The van der Waals surface area contributed by atoms with E-state index in [1.807, 2.05) is 0 Å². The van der Waals surface area contributed by atoms with E-state index in [2.05, 4.69) is 71.8 Å². The molecule has 1 aromatic heterocycles. The van der Waals surface area contributed by atoms with Gasteiger partial charge in [0.25, 0.3) is 0 Å². The van der Waals surface area contributed by atoms with Crippen LogP contribution in [0.4, 0.5) is 0 Å². The van der Waals surface area contributed by atoms with Crippen molar-refractivity contribution in [3.8, 4) is 0 Å². The third kappa shape index (κ3) is 3.69. The van der Waals surface area contributed by atoms with Crippen LogP contribution in [0.1, 0.15) is 20.8 Å². The van der Waals surface area contributed by atoms with Crippen LogP contribution in [0.5, 0.6) is 0 Å². The summed E-state index contributed by atoms with van der Waals surface area (Å²) in [4.78, 5) is 13.9. The summed E-state index contributed by atoms with van der Waals surface area (Å²) >= 11 is 0. The van der Waals surface area contributed by atoms with E-state index in [0.717, 1.165) is 19.6 Å². The second kappa shape index (κ2) is 7.70. The molecule has 25 heavy (non-hydrogen) atoms. The van der Waals surface area contributed by atoms with Gasteiger partial charge in [-0.15, -0.1) is 0 Å². The number of aromatic nitrogens is 1. The number of carbonyl (C=O) groups excluding carboxylic acids is 1. The van der Waals surface area contributed by atoms with Gasteiger partial charge in [0.05, 0.1) is 6.54 Å². The number of ether oxygens (including phenoxy) is 1. The third-order valence-electron chi connectivity index (χ3n) is 4.75. The van der Waals surface area contributed by atoms with Crippen LogP contribution in [0, 0.1) is 0 Å². The van der Waals surface area contributed by atoms with Crippen LogP contribution in [-0.4, -0.2) is 41.2 Å². The van der Waals surface area contributed by atoms with Crippen molar-refractivity contribution in [2.45, 2.75) is 33.4 Å². The zero-order chi connectivity index (χ0) is 17.8. The fourth-order valence-electron chi connectivity index (χ4n) is 3.54. The highest BCUT2D eigenvalue weighted by Gasteiger charge is 2.19. The summed E-state index contributed by atoms with van der Waals surface area (Å²) in [5.41, 5.74) is 2.36. The third-order valence-corrected chi connectivity index (χ3v) is 4.75. The van der Waals surface area contributed by atoms with Gasteiger partial charge in [0.15, 0.2) is 0 Å². The SMILES string of the molecule is CCN(CC)C[C@@H](Cn1c2ccccc2c2ccccc21)OC(C)=O. The van der Waals surface area contributed by atoms with Gasteiger partial charge in [-0.25, -0.2) is 0 Å². The molecule has 0 unspecified atom stereocenters. The molecule has 0 N–H and O–H groups in total. The van der Waals surface area contributed by atoms with Crippen LogP contribution in [-0.2, 0) is 16.1 Å². The Morgan fingerprint density at radius 3 is 2.00 bits per heavy atom. The number of para-hydroxylation sites is 2. The van der Waals surface area contributed by atoms with E-state index in [1.54, 1.807) is 0 Å². The molecule has 132 valence electrons. The number of rotatable bonds is 7. The van der Waals surface area contributed by atoms with E-state index in [1.165, 1.54) is 28.7 Å². The summed E-state index contributed by atoms with van der Waals surface area (Å²) in [6, 6.07) is 16.8. The van der Waals surface area contributed by atoms with Gasteiger partial charge in [-0.1, -0.05) is 50.2 Å². The fraction of sp³-hybridized carbons (Fsp3) is 0.381. The van der Waals surface area contributed by atoms with Crippen LogP contribution in [0.15, 0.2) is 48.5 Å². The Labute approximate surface area is 149 Å². The standard InChI is InChI=1S/C21H26N2O2/c1-4-22(5-2)14-17(25-16(3)24)15-23-20-12-8-6-10-18(20)19-11-7-9-13-21(19)23/h6-13,17H,4-5,14-15H2,1-3H3/t17-/m0/s1. The lowest BCUT2D eigenvalue weighted by Gasteiger charge is -2.26. The van der Waals surface area contributed by atoms with E-state index in [0.29, 0.717) is 6.54 Å². The Kier molecular flexibility index (Phi) is 5.39. The number of likely N-dealkylation sites (N-methyl/N-ethyl adjacent to an activating group) is 1. The van der Waals surface area contributed by atoms with Crippen LogP contribution < -0.4 is 0 Å². The Hall–Kier alpha value is -2.33. The van der Waals surface area contributed by atoms with Gasteiger partial charge in [-0.05, 0) is 25.2 Å². The average molecular weight is 338 g/mol. The van der Waals surface area contributed by atoms with Crippen LogP contribution in [0.25, 0.3) is 21.8 Å².